The smallest absolute Gasteiger partial charge is 0.242 e. The fourth-order valence-corrected chi connectivity index (χ4v) is 9.28. The number of hydrogen-bond acceptors (Lipinski definition) is 1. The number of aromatic nitrogens is 1. The van der Waals surface area contributed by atoms with Gasteiger partial charge in [-0.05, 0) is 83.3 Å². The van der Waals surface area contributed by atoms with E-state index in [1.54, 1.807) is 0 Å². The number of fused-ring (bicyclic) bond motifs is 4. The molecule has 0 aliphatic carbocycles. The van der Waals surface area contributed by atoms with Crippen molar-refractivity contribution >= 4 is 77.1 Å². The van der Waals surface area contributed by atoms with Gasteiger partial charge in [0.05, 0.1) is 11.2 Å². The van der Waals surface area contributed by atoms with E-state index in [-0.39, 0.29) is 6.71 Å². The average molecular weight is 676 g/mol. The second kappa shape index (κ2) is 12.2. The third-order valence-electron chi connectivity index (χ3n) is 11.7. The van der Waals surface area contributed by atoms with E-state index < -0.39 is 0 Å². The van der Waals surface area contributed by atoms with E-state index in [9.17, 15) is 0 Å². The van der Waals surface area contributed by atoms with Crippen LogP contribution in [0.15, 0.2) is 158 Å². The number of nitrogens with zero attached hydrogens (tertiary/aromatic N) is 1. The van der Waals surface area contributed by atoms with E-state index in [1.807, 2.05) is 0 Å². The molecule has 0 aliphatic heterocycles. The van der Waals surface area contributed by atoms with E-state index >= 15 is 0 Å². The average Bonchev–Trinajstić information content (AvgIpc) is 3.19. The van der Waals surface area contributed by atoms with Crippen LogP contribution in [0.4, 0.5) is 0 Å². The fourth-order valence-electron chi connectivity index (χ4n) is 9.28. The van der Waals surface area contributed by atoms with Gasteiger partial charge in [-0.2, -0.15) is 0 Å². The molecule has 0 N–H and O–H groups in total. The summed E-state index contributed by atoms with van der Waals surface area (Å²) in [6, 6.07) is 58.3. The summed E-state index contributed by atoms with van der Waals surface area (Å²) in [4.78, 5) is 5.24. The summed E-state index contributed by atoms with van der Waals surface area (Å²) in [6.45, 7) is 9.19. The van der Waals surface area contributed by atoms with Crippen LogP contribution in [0.5, 0.6) is 0 Å². The predicted octanol–water partition coefficient (Wildman–Crippen LogP) is 11.4. The minimum atomic E-state index is 0.158. The molecule has 10 rings (SSSR count). The highest BCUT2D eigenvalue weighted by Gasteiger charge is 2.28. The highest BCUT2D eigenvalue weighted by atomic mass is 14.7. The van der Waals surface area contributed by atoms with Crippen LogP contribution in [0, 0.1) is 27.7 Å². The van der Waals surface area contributed by atoms with E-state index in [4.69, 9.17) is 4.98 Å². The number of pyridine rings is 1. The van der Waals surface area contributed by atoms with Crippen LogP contribution >= 0.6 is 0 Å². The van der Waals surface area contributed by atoms with Gasteiger partial charge in [-0.25, -0.2) is 4.98 Å². The Kier molecular flexibility index (Phi) is 7.23. The van der Waals surface area contributed by atoms with Crippen molar-refractivity contribution in [2.24, 2.45) is 0 Å². The molecule has 0 unspecified atom stereocenters. The molecular formula is C51H38BN. The largest absolute Gasteiger partial charge is 0.247 e. The van der Waals surface area contributed by atoms with Gasteiger partial charge in [0.25, 0.3) is 0 Å². The molecule has 2 heteroatoms. The summed E-state index contributed by atoms with van der Waals surface area (Å²) in [6.07, 6.45) is 0. The number of hydrogen-bond donors (Lipinski definition) is 0. The Balaban J connectivity index is 1.18. The number of aryl methyl sites for hydroxylation is 4. The first-order valence-corrected chi connectivity index (χ1v) is 18.7. The minimum Gasteiger partial charge on any atom is -0.247 e. The summed E-state index contributed by atoms with van der Waals surface area (Å²) >= 11 is 0. The van der Waals surface area contributed by atoms with Crippen molar-refractivity contribution in [1.29, 1.82) is 0 Å². The van der Waals surface area contributed by atoms with Crippen molar-refractivity contribution < 1.29 is 0 Å². The SMILES string of the molecule is Cc1cccc(C)c1B(c1ccc(-c2ccc3ccc4c5c(cc6ccc2c3c64)c(-c2ccccc2)nc2ccccc25)cc1)c1c(C)cccc1C. The monoisotopic (exact) mass is 675 g/mol. The van der Waals surface area contributed by atoms with Crippen LogP contribution in [-0.4, -0.2) is 11.7 Å². The summed E-state index contributed by atoms with van der Waals surface area (Å²) in [5.74, 6) is 0. The standard InChI is InChI=1S/C51H38BN/c1-31-12-10-13-32(2)49(31)52(50-33(3)14-11-15-34(50)4)39-25-20-35(21-26-39)40-27-22-36-23-29-43-47-38(24-28-41(40)46(36)47)30-44-48(43)42-18-8-9-19-45(42)53-51(44)37-16-6-5-7-17-37/h5-30H,1-4H3. The molecule has 0 amide bonds. The molecule has 0 saturated carbocycles. The molecule has 0 aliphatic rings. The molecule has 0 spiro atoms. The number of para-hydroxylation sites is 1. The zero-order valence-electron chi connectivity index (χ0n) is 30.5. The third kappa shape index (κ3) is 4.90. The molecule has 10 aromatic rings. The van der Waals surface area contributed by atoms with Crippen molar-refractivity contribution in [1.82, 2.24) is 4.98 Å². The molecule has 1 heterocycles. The van der Waals surface area contributed by atoms with Gasteiger partial charge in [0.1, 0.15) is 0 Å². The topological polar surface area (TPSA) is 12.9 Å². The van der Waals surface area contributed by atoms with Gasteiger partial charge in [-0.15, -0.1) is 0 Å². The van der Waals surface area contributed by atoms with Crippen LogP contribution in [0.2, 0.25) is 0 Å². The van der Waals surface area contributed by atoms with Crippen LogP contribution in [-0.2, 0) is 0 Å². The molecule has 0 radical (unpaired) electrons. The summed E-state index contributed by atoms with van der Waals surface area (Å²) in [7, 11) is 0. The number of rotatable bonds is 5. The Bertz CT molecular complexity index is 2940. The Hall–Kier alpha value is -6.25. The highest BCUT2D eigenvalue weighted by Crippen LogP contribution is 2.45. The Morgan fingerprint density at radius 3 is 1.68 bits per heavy atom. The van der Waals surface area contributed by atoms with Crippen molar-refractivity contribution in [2.75, 3.05) is 0 Å². The Morgan fingerprint density at radius 1 is 0.396 bits per heavy atom. The maximum Gasteiger partial charge on any atom is 0.242 e. The lowest BCUT2D eigenvalue weighted by Gasteiger charge is -2.24. The Labute approximate surface area is 311 Å². The van der Waals surface area contributed by atoms with Gasteiger partial charge in [0, 0.05) is 21.7 Å². The lowest BCUT2D eigenvalue weighted by molar-refractivity contribution is 1.41. The first kappa shape index (κ1) is 31.5. The lowest BCUT2D eigenvalue weighted by Crippen LogP contribution is -2.55. The quantitative estimate of drug-likeness (QED) is 0.101. The molecule has 0 atom stereocenters. The van der Waals surface area contributed by atoms with Crippen LogP contribution in [0.1, 0.15) is 22.3 Å². The normalized spacial score (nSPS) is 11.8. The van der Waals surface area contributed by atoms with E-state index in [2.05, 4.69) is 185 Å². The molecule has 250 valence electrons. The van der Waals surface area contributed by atoms with E-state index in [1.165, 1.54) is 98.2 Å². The summed E-state index contributed by atoms with van der Waals surface area (Å²) in [5, 5.41) is 11.4. The van der Waals surface area contributed by atoms with Crippen molar-refractivity contribution in [3.8, 4) is 22.4 Å². The van der Waals surface area contributed by atoms with Crippen molar-refractivity contribution in [2.45, 2.75) is 27.7 Å². The maximum absolute atomic E-state index is 5.24. The first-order valence-electron chi connectivity index (χ1n) is 18.7. The van der Waals surface area contributed by atoms with Crippen LogP contribution in [0.3, 0.4) is 0 Å². The van der Waals surface area contributed by atoms with Crippen molar-refractivity contribution in [3.05, 3.63) is 180 Å². The van der Waals surface area contributed by atoms with Gasteiger partial charge in [0.15, 0.2) is 0 Å². The Morgan fingerprint density at radius 2 is 0.981 bits per heavy atom. The molecule has 9 aromatic carbocycles. The third-order valence-corrected chi connectivity index (χ3v) is 11.7. The second-order valence-electron chi connectivity index (χ2n) is 14.8. The van der Waals surface area contributed by atoms with Gasteiger partial charge in [-0.3, -0.25) is 0 Å². The zero-order chi connectivity index (χ0) is 35.8. The molecule has 1 nitrogen and oxygen atoms in total. The van der Waals surface area contributed by atoms with Gasteiger partial charge < -0.3 is 0 Å². The van der Waals surface area contributed by atoms with Gasteiger partial charge in [-0.1, -0.05) is 184 Å². The minimum absolute atomic E-state index is 0.158. The number of benzene rings is 9. The zero-order valence-corrected chi connectivity index (χ0v) is 30.5. The maximum atomic E-state index is 5.24. The van der Waals surface area contributed by atoms with Crippen molar-refractivity contribution in [3.63, 3.8) is 0 Å². The summed E-state index contributed by atoms with van der Waals surface area (Å²) < 4.78 is 0. The molecule has 53 heavy (non-hydrogen) atoms. The molecule has 0 bridgehead atoms. The summed E-state index contributed by atoms with van der Waals surface area (Å²) in [5.41, 5.74) is 15.2. The van der Waals surface area contributed by atoms with Gasteiger partial charge in [0.2, 0.25) is 6.71 Å². The second-order valence-corrected chi connectivity index (χ2v) is 14.8. The van der Waals surface area contributed by atoms with E-state index in [0.29, 0.717) is 0 Å². The molecular weight excluding hydrogens is 637 g/mol. The first-order chi connectivity index (χ1) is 26.0. The van der Waals surface area contributed by atoms with E-state index in [0.717, 1.165) is 16.8 Å². The lowest BCUT2D eigenvalue weighted by atomic mass is 9.34. The molecule has 0 fully saturated rings. The van der Waals surface area contributed by atoms with Crippen LogP contribution < -0.4 is 16.4 Å². The molecule has 1 aromatic heterocycles. The van der Waals surface area contributed by atoms with Gasteiger partial charge >= 0.3 is 0 Å². The molecule has 0 saturated heterocycles. The fraction of sp³-hybridized carbons (Fsp3) is 0.0784. The van der Waals surface area contributed by atoms with Crippen LogP contribution in [0.25, 0.3) is 76.4 Å². The highest BCUT2D eigenvalue weighted by molar-refractivity contribution is 6.96. The predicted molar refractivity (Wildman–Crippen MR) is 230 cm³/mol.